The maximum Gasteiger partial charge on any atom is 0.194 e. The van der Waals surface area contributed by atoms with E-state index in [0.717, 1.165) is 17.1 Å². The highest BCUT2D eigenvalue weighted by atomic mass is 35.5. The summed E-state index contributed by atoms with van der Waals surface area (Å²) in [7, 11) is 0. The van der Waals surface area contributed by atoms with E-state index in [-0.39, 0.29) is 24.8 Å². The monoisotopic (exact) mass is 267 g/mol. The van der Waals surface area contributed by atoms with Crippen LogP contribution in [0.15, 0.2) is 6.20 Å². The topological polar surface area (TPSA) is 43.3 Å². The summed E-state index contributed by atoms with van der Waals surface area (Å²) in [5.74, 6) is 0. The predicted molar refractivity (Wildman–Crippen MR) is 69.8 cm³/mol. The summed E-state index contributed by atoms with van der Waals surface area (Å²) in [6.45, 7) is 4.91. The molecule has 2 aromatic heterocycles. The molecule has 0 radical (unpaired) electrons. The highest BCUT2D eigenvalue weighted by Gasteiger charge is 2.07. The lowest BCUT2D eigenvalue weighted by Gasteiger charge is -1.90. The Kier molecular flexibility index (Phi) is 5.59. The van der Waals surface area contributed by atoms with Gasteiger partial charge >= 0.3 is 0 Å². The molecule has 6 heteroatoms. The Morgan fingerprint density at radius 1 is 1.40 bits per heavy atom. The maximum atomic E-state index is 5.47. The van der Waals surface area contributed by atoms with Gasteiger partial charge in [-0.25, -0.2) is 4.98 Å². The number of imidazole rings is 1. The smallest absolute Gasteiger partial charge is 0.194 e. The Balaban J connectivity index is 0.000000980. The number of nitrogens with two attached hydrogens (primary N) is 1. The van der Waals surface area contributed by atoms with Crippen LogP contribution in [0, 0.1) is 13.8 Å². The third-order valence-corrected chi connectivity index (χ3v) is 3.31. The van der Waals surface area contributed by atoms with E-state index >= 15 is 0 Å². The van der Waals surface area contributed by atoms with Crippen LogP contribution in [0.4, 0.5) is 0 Å². The second kappa shape index (κ2) is 5.70. The molecule has 15 heavy (non-hydrogen) atoms. The van der Waals surface area contributed by atoms with Crippen molar-refractivity contribution in [1.82, 2.24) is 9.38 Å². The molecular formula is C9H15Cl2N3S. The zero-order valence-electron chi connectivity index (χ0n) is 8.69. The van der Waals surface area contributed by atoms with Crippen LogP contribution in [0.5, 0.6) is 0 Å². The van der Waals surface area contributed by atoms with Gasteiger partial charge < -0.3 is 5.73 Å². The van der Waals surface area contributed by atoms with E-state index in [9.17, 15) is 0 Å². The average molecular weight is 268 g/mol. The van der Waals surface area contributed by atoms with Crippen LogP contribution >= 0.6 is 36.2 Å². The maximum absolute atomic E-state index is 5.47. The molecule has 0 saturated carbocycles. The van der Waals surface area contributed by atoms with Gasteiger partial charge in [-0.05, 0) is 20.4 Å². The van der Waals surface area contributed by atoms with E-state index in [1.54, 1.807) is 11.3 Å². The SMILES string of the molecule is Cc1sc2nc(CCN)cn2c1C.Cl.Cl. The Labute approximate surface area is 106 Å². The van der Waals surface area contributed by atoms with E-state index in [4.69, 9.17) is 5.73 Å². The second-order valence-corrected chi connectivity index (χ2v) is 4.35. The summed E-state index contributed by atoms with van der Waals surface area (Å²) in [4.78, 5) is 6.90. The third kappa shape index (κ3) is 2.64. The van der Waals surface area contributed by atoms with E-state index < -0.39 is 0 Å². The van der Waals surface area contributed by atoms with Crippen molar-refractivity contribution in [2.45, 2.75) is 20.3 Å². The minimum absolute atomic E-state index is 0. The lowest BCUT2D eigenvalue weighted by atomic mass is 10.3. The summed E-state index contributed by atoms with van der Waals surface area (Å²) in [6.07, 6.45) is 2.95. The van der Waals surface area contributed by atoms with Crippen molar-refractivity contribution in [2.24, 2.45) is 5.73 Å². The molecule has 0 bridgehead atoms. The Bertz CT molecular complexity index is 436. The number of fused-ring (bicyclic) bond motifs is 1. The summed E-state index contributed by atoms with van der Waals surface area (Å²) in [5, 5.41) is 0. The summed E-state index contributed by atoms with van der Waals surface area (Å²) < 4.78 is 2.14. The van der Waals surface area contributed by atoms with Gasteiger partial charge in [-0.3, -0.25) is 4.40 Å². The van der Waals surface area contributed by atoms with E-state index in [2.05, 4.69) is 29.4 Å². The minimum atomic E-state index is 0. The first-order valence-corrected chi connectivity index (χ1v) is 5.18. The Hall–Kier alpha value is -0.290. The van der Waals surface area contributed by atoms with Crippen molar-refractivity contribution in [3.05, 3.63) is 22.5 Å². The van der Waals surface area contributed by atoms with Crippen molar-refractivity contribution < 1.29 is 0 Å². The highest BCUT2D eigenvalue weighted by molar-refractivity contribution is 7.17. The van der Waals surface area contributed by atoms with Gasteiger partial charge in [-0.15, -0.1) is 36.2 Å². The van der Waals surface area contributed by atoms with Crippen LogP contribution in [0.1, 0.15) is 16.3 Å². The van der Waals surface area contributed by atoms with Gasteiger partial charge in [0.05, 0.1) is 5.69 Å². The number of hydrogen-bond donors (Lipinski definition) is 1. The van der Waals surface area contributed by atoms with Gasteiger partial charge in [-0.1, -0.05) is 0 Å². The zero-order valence-corrected chi connectivity index (χ0v) is 11.1. The molecule has 2 heterocycles. The molecular weight excluding hydrogens is 253 g/mol. The summed E-state index contributed by atoms with van der Waals surface area (Å²) in [5.41, 5.74) is 7.86. The zero-order chi connectivity index (χ0) is 9.42. The highest BCUT2D eigenvalue weighted by Crippen LogP contribution is 2.21. The van der Waals surface area contributed by atoms with E-state index in [1.807, 2.05) is 0 Å². The largest absolute Gasteiger partial charge is 0.330 e. The van der Waals surface area contributed by atoms with E-state index in [0.29, 0.717) is 6.54 Å². The molecule has 0 aliphatic heterocycles. The molecule has 0 atom stereocenters. The van der Waals surface area contributed by atoms with Crippen LogP contribution in [0.3, 0.4) is 0 Å². The number of halogens is 2. The molecule has 0 aliphatic carbocycles. The molecule has 0 spiro atoms. The fourth-order valence-electron chi connectivity index (χ4n) is 1.37. The van der Waals surface area contributed by atoms with Crippen LogP contribution < -0.4 is 5.73 Å². The number of thiazole rings is 1. The molecule has 0 unspecified atom stereocenters. The van der Waals surface area contributed by atoms with Gasteiger partial charge in [0, 0.05) is 23.2 Å². The number of aryl methyl sites for hydroxylation is 2. The molecule has 0 aliphatic rings. The van der Waals surface area contributed by atoms with Crippen molar-refractivity contribution in [1.29, 1.82) is 0 Å². The summed E-state index contributed by atoms with van der Waals surface area (Å²) in [6, 6.07) is 0. The van der Waals surface area contributed by atoms with Crippen molar-refractivity contribution in [2.75, 3.05) is 6.54 Å². The number of nitrogens with zero attached hydrogens (tertiary/aromatic N) is 2. The second-order valence-electron chi connectivity index (χ2n) is 3.17. The number of aromatic nitrogens is 2. The van der Waals surface area contributed by atoms with Gasteiger partial charge in [0.1, 0.15) is 0 Å². The molecule has 3 nitrogen and oxygen atoms in total. The van der Waals surface area contributed by atoms with Crippen molar-refractivity contribution >= 4 is 41.1 Å². The normalized spacial score (nSPS) is 9.80. The minimum Gasteiger partial charge on any atom is -0.330 e. The number of rotatable bonds is 2. The molecule has 0 saturated heterocycles. The molecule has 86 valence electrons. The fourth-order valence-corrected chi connectivity index (χ4v) is 2.34. The molecule has 0 amide bonds. The summed E-state index contributed by atoms with van der Waals surface area (Å²) >= 11 is 1.74. The van der Waals surface area contributed by atoms with Crippen molar-refractivity contribution in [3.63, 3.8) is 0 Å². The van der Waals surface area contributed by atoms with Gasteiger partial charge in [-0.2, -0.15) is 0 Å². The first-order chi connectivity index (χ1) is 6.22. The Morgan fingerprint density at radius 3 is 2.60 bits per heavy atom. The molecule has 2 N–H and O–H groups in total. The Morgan fingerprint density at radius 2 is 2.07 bits per heavy atom. The van der Waals surface area contributed by atoms with Gasteiger partial charge in [0.15, 0.2) is 4.96 Å². The van der Waals surface area contributed by atoms with Crippen molar-refractivity contribution in [3.8, 4) is 0 Å². The standard InChI is InChI=1S/C9H13N3S.2ClH/c1-6-7(2)13-9-11-8(3-4-10)5-12(6)9;;/h5H,3-4,10H2,1-2H3;2*1H. The molecule has 0 aromatic carbocycles. The van der Waals surface area contributed by atoms with Gasteiger partial charge in [0.2, 0.25) is 0 Å². The lowest BCUT2D eigenvalue weighted by molar-refractivity contribution is 0.935. The lowest BCUT2D eigenvalue weighted by Crippen LogP contribution is -2.02. The van der Waals surface area contributed by atoms with Crippen LogP contribution in [-0.4, -0.2) is 15.9 Å². The number of hydrogen-bond acceptors (Lipinski definition) is 3. The van der Waals surface area contributed by atoms with Crippen LogP contribution in [0.25, 0.3) is 4.96 Å². The predicted octanol–water partition coefficient (Wildman–Crippen LogP) is 2.36. The molecule has 2 rings (SSSR count). The quantitative estimate of drug-likeness (QED) is 0.908. The fraction of sp³-hybridized carbons (Fsp3) is 0.444. The first-order valence-electron chi connectivity index (χ1n) is 4.36. The average Bonchev–Trinajstić information content (AvgIpc) is 2.56. The van der Waals surface area contributed by atoms with E-state index in [1.165, 1.54) is 10.6 Å². The van der Waals surface area contributed by atoms with Crippen LogP contribution in [0.2, 0.25) is 0 Å². The van der Waals surface area contributed by atoms with Gasteiger partial charge in [0.25, 0.3) is 0 Å². The molecule has 2 aromatic rings. The first kappa shape index (κ1) is 14.7. The molecule has 0 fully saturated rings. The van der Waals surface area contributed by atoms with Crippen LogP contribution in [-0.2, 0) is 6.42 Å². The third-order valence-electron chi connectivity index (χ3n) is 2.24.